The number of thioether (sulfide) groups is 1. The van der Waals surface area contributed by atoms with Crippen molar-refractivity contribution in [3.8, 4) is 5.75 Å². The minimum atomic E-state index is -4.72. The van der Waals surface area contributed by atoms with E-state index >= 15 is 0 Å². The molecule has 2 atom stereocenters. The van der Waals surface area contributed by atoms with Crippen LogP contribution in [-0.4, -0.2) is 30.9 Å². The second kappa shape index (κ2) is 9.32. The lowest BCUT2D eigenvalue weighted by molar-refractivity contribution is -0.274. The van der Waals surface area contributed by atoms with Crippen molar-refractivity contribution < 1.29 is 22.4 Å². The zero-order chi connectivity index (χ0) is 24.6. The Labute approximate surface area is 196 Å². The van der Waals surface area contributed by atoms with Crippen molar-refractivity contribution in [2.45, 2.75) is 56.5 Å². The van der Waals surface area contributed by atoms with Crippen molar-refractivity contribution in [1.29, 1.82) is 0 Å². The van der Waals surface area contributed by atoms with Gasteiger partial charge in [0.2, 0.25) is 5.89 Å². The lowest BCUT2D eigenvalue weighted by Crippen LogP contribution is -2.42. The van der Waals surface area contributed by atoms with Gasteiger partial charge in [0.1, 0.15) is 12.3 Å². The maximum Gasteiger partial charge on any atom is 0.573 e. The van der Waals surface area contributed by atoms with Crippen LogP contribution in [0.15, 0.2) is 38.4 Å². The number of benzene rings is 1. The highest BCUT2D eigenvalue weighted by Crippen LogP contribution is 2.56. The van der Waals surface area contributed by atoms with E-state index in [1.807, 2.05) is 13.8 Å². The van der Waals surface area contributed by atoms with Crippen LogP contribution < -0.4 is 16.0 Å². The van der Waals surface area contributed by atoms with E-state index in [2.05, 4.69) is 14.9 Å². The molecule has 0 aliphatic carbocycles. The van der Waals surface area contributed by atoms with E-state index in [1.165, 1.54) is 16.7 Å². The number of nitrogens with zero attached hydrogens (tertiary/aromatic N) is 4. The zero-order valence-corrected chi connectivity index (χ0v) is 19.6. The molecule has 0 spiro atoms. The predicted molar refractivity (Wildman–Crippen MR) is 119 cm³/mol. The van der Waals surface area contributed by atoms with Crippen molar-refractivity contribution in [3.05, 3.63) is 73.6 Å². The third-order valence-corrected chi connectivity index (χ3v) is 7.04. The maximum atomic E-state index is 12.8. The maximum absolute atomic E-state index is 12.8. The molecule has 1 fully saturated rings. The van der Waals surface area contributed by atoms with Gasteiger partial charge in [0.15, 0.2) is 5.82 Å². The minimum Gasteiger partial charge on any atom is -0.406 e. The third kappa shape index (κ3) is 5.06. The van der Waals surface area contributed by atoms with Crippen LogP contribution in [-0.2, 0) is 32.9 Å². The Morgan fingerprint density at radius 1 is 1.15 bits per heavy atom. The molecule has 2 aromatic heterocycles. The van der Waals surface area contributed by atoms with Gasteiger partial charge in [-0.05, 0) is 30.5 Å². The molecule has 0 bridgehead atoms. The summed E-state index contributed by atoms with van der Waals surface area (Å²) in [5.74, 6) is 0.343. The highest BCUT2D eigenvalue weighted by atomic mass is 32.2. The standard InChI is InChI=1S/C22H23F3N4O4S/c1-4-14-15(5-2)28(3)21(31)29(20(14)30)11-18-26-17(27-33-18)10-16-19(34-16)12-6-8-13(9-7-12)32-22(23,24)25/h6-9,16,19H,4-5,10-11H2,1-3H3. The first-order valence-electron chi connectivity index (χ1n) is 10.8. The predicted octanol–water partition coefficient (Wildman–Crippen LogP) is 3.40. The third-order valence-electron chi connectivity index (χ3n) is 5.67. The summed E-state index contributed by atoms with van der Waals surface area (Å²) in [6.45, 7) is 3.66. The topological polar surface area (TPSA) is 92.2 Å². The molecule has 1 aliphatic heterocycles. The largest absolute Gasteiger partial charge is 0.573 e. The number of hydrogen-bond acceptors (Lipinski definition) is 7. The van der Waals surface area contributed by atoms with E-state index < -0.39 is 12.1 Å². The molecule has 3 aromatic rings. The Kier molecular flexibility index (Phi) is 6.61. The number of hydrogen-bond donors (Lipinski definition) is 0. The van der Waals surface area contributed by atoms with E-state index in [-0.39, 0.29) is 34.2 Å². The summed E-state index contributed by atoms with van der Waals surface area (Å²) in [5, 5.41) is 4.21. The molecular formula is C22H23F3N4O4S. The normalized spacial score (nSPS) is 17.7. The van der Waals surface area contributed by atoms with Crippen molar-refractivity contribution in [2.75, 3.05) is 0 Å². The Balaban J connectivity index is 1.42. The van der Waals surface area contributed by atoms with Crippen molar-refractivity contribution >= 4 is 11.8 Å². The molecule has 182 valence electrons. The average Bonchev–Trinajstić information content (AvgIpc) is 3.40. The van der Waals surface area contributed by atoms with Crippen LogP contribution in [0.4, 0.5) is 13.2 Å². The minimum absolute atomic E-state index is 0.102. The number of aromatic nitrogens is 4. The number of halogens is 3. The first-order valence-corrected chi connectivity index (χ1v) is 11.7. The quantitative estimate of drug-likeness (QED) is 0.442. The van der Waals surface area contributed by atoms with E-state index in [0.717, 1.165) is 15.8 Å². The fourth-order valence-electron chi connectivity index (χ4n) is 4.02. The second-order valence-electron chi connectivity index (χ2n) is 7.89. The molecule has 1 aromatic carbocycles. The van der Waals surface area contributed by atoms with Gasteiger partial charge < -0.3 is 13.8 Å². The SMILES string of the molecule is CCc1c(CC)n(C)c(=O)n(Cc2nc(CC3SC3c3ccc(OC(F)(F)F)cc3)no2)c1=O. The van der Waals surface area contributed by atoms with Crippen LogP contribution in [0.2, 0.25) is 0 Å². The fraction of sp³-hybridized carbons (Fsp3) is 0.455. The van der Waals surface area contributed by atoms with Gasteiger partial charge in [-0.1, -0.05) is 31.1 Å². The van der Waals surface area contributed by atoms with E-state index in [1.54, 1.807) is 30.9 Å². The zero-order valence-electron chi connectivity index (χ0n) is 18.8. The molecule has 0 radical (unpaired) electrons. The summed E-state index contributed by atoms with van der Waals surface area (Å²) in [6.07, 6.45) is -3.15. The number of alkyl halides is 3. The van der Waals surface area contributed by atoms with Crippen molar-refractivity contribution in [2.24, 2.45) is 7.05 Å². The first kappa shape index (κ1) is 24.1. The highest BCUT2D eigenvalue weighted by Gasteiger charge is 2.40. The lowest BCUT2D eigenvalue weighted by atomic mass is 10.1. The monoisotopic (exact) mass is 496 g/mol. The molecule has 34 heavy (non-hydrogen) atoms. The van der Waals surface area contributed by atoms with Crippen LogP contribution in [0.5, 0.6) is 5.75 Å². The Hall–Kier alpha value is -3.02. The van der Waals surface area contributed by atoms with Gasteiger partial charge in [0.05, 0.1) is 0 Å². The molecule has 0 amide bonds. The van der Waals surface area contributed by atoms with E-state index in [4.69, 9.17) is 4.52 Å². The molecule has 12 heteroatoms. The molecule has 0 N–H and O–H groups in total. The van der Waals surface area contributed by atoms with Crippen LogP contribution in [0, 0.1) is 0 Å². The van der Waals surface area contributed by atoms with Crippen molar-refractivity contribution in [1.82, 2.24) is 19.3 Å². The van der Waals surface area contributed by atoms with Gasteiger partial charge in [-0.3, -0.25) is 9.36 Å². The van der Waals surface area contributed by atoms with Gasteiger partial charge >= 0.3 is 12.1 Å². The van der Waals surface area contributed by atoms with Gasteiger partial charge in [-0.25, -0.2) is 4.79 Å². The van der Waals surface area contributed by atoms with E-state index in [9.17, 15) is 22.8 Å². The highest BCUT2D eigenvalue weighted by molar-refractivity contribution is 8.07. The van der Waals surface area contributed by atoms with Crippen LogP contribution in [0.25, 0.3) is 0 Å². The Morgan fingerprint density at radius 2 is 1.85 bits per heavy atom. The van der Waals surface area contributed by atoms with Crippen LogP contribution >= 0.6 is 11.8 Å². The summed E-state index contributed by atoms with van der Waals surface area (Å²) < 4.78 is 48.7. The first-order chi connectivity index (χ1) is 16.1. The summed E-state index contributed by atoms with van der Waals surface area (Å²) in [7, 11) is 1.64. The molecular weight excluding hydrogens is 473 g/mol. The van der Waals surface area contributed by atoms with Gasteiger partial charge in [-0.15, -0.1) is 24.9 Å². The fourth-order valence-corrected chi connectivity index (χ4v) is 5.12. The lowest BCUT2D eigenvalue weighted by Gasteiger charge is -2.13. The smallest absolute Gasteiger partial charge is 0.406 e. The Bertz CT molecular complexity index is 1300. The van der Waals surface area contributed by atoms with Gasteiger partial charge in [0, 0.05) is 35.2 Å². The van der Waals surface area contributed by atoms with Crippen LogP contribution in [0.3, 0.4) is 0 Å². The van der Waals surface area contributed by atoms with Gasteiger partial charge in [-0.2, -0.15) is 4.98 Å². The van der Waals surface area contributed by atoms with Crippen molar-refractivity contribution in [3.63, 3.8) is 0 Å². The molecule has 0 saturated carbocycles. The number of rotatable bonds is 8. The molecule has 3 heterocycles. The number of ether oxygens (including phenoxy) is 1. The molecule has 2 unspecified atom stereocenters. The summed E-state index contributed by atoms with van der Waals surface area (Å²) in [4.78, 5) is 29.9. The summed E-state index contributed by atoms with van der Waals surface area (Å²) in [5.41, 5.74) is 1.40. The molecule has 1 saturated heterocycles. The summed E-state index contributed by atoms with van der Waals surface area (Å²) >= 11 is 1.64. The van der Waals surface area contributed by atoms with Crippen LogP contribution in [0.1, 0.15) is 47.6 Å². The molecule has 4 rings (SSSR count). The Morgan fingerprint density at radius 3 is 2.47 bits per heavy atom. The summed E-state index contributed by atoms with van der Waals surface area (Å²) in [6, 6.07) is 5.79. The average molecular weight is 497 g/mol. The van der Waals surface area contributed by atoms with Gasteiger partial charge in [0.25, 0.3) is 5.56 Å². The van der Waals surface area contributed by atoms with E-state index in [0.29, 0.717) is 30.7 Å². The molecule has 8 nitrogen and oxygen atoms in total. The second-order valence-corrected chi connectivity index (χ2v) is 9.27. The molecule has 1 aliphatic rings.